The van der Waals surface area contributed by atoms with Crippen LogP contribution in [0.15, 0.2) is 0 Å². The second-order valence-electron chi connectivity index (χ2n) is 7.08. The minimum Gasteiger partial charge on any atom is -0.291 e. The molecule has 3 nitrogen and oxygen atoms in total. The predicted octanol–water partition coefficient (Wildman–Crippen LogP) is 6.25. The van der Waals surface area contributed by atoms with E-state index < -0.39 is 5.54 Å². The standard InChI is InChI=1S/C21H39N3/c1-3-4-5-6-7-8-9-10-11-12-13-14-15-16-17-18-21(19-22,20-23)24-2/h24H,3-18H2,1-2H3. The van der Waals surface area contributed by atoms with Crippen molar-refractivity contribution in [2.45, 2.75) is 115 Å². The van der Waals surface area contributed by atoms with E-state index in [4.69, 9.17) is 10.5 Å². The Hall–Kier alpha value is -1.06. The molecule has 0 rings (SSSR count). The maximum Gasteiger partial charge on any atom is 0.193 e. The minimum atomic E-state index is -0.976. The first-order chi connectivity index (χ1) is 11.7. The number of nitrogens with zero attached hydrogens (tertiary/aromatic N) is 2. The van der Waals surface area contributed by atoms with Crippen LogP contribution < -0.4 is 5.32 Å². The summed E-state index contributed by atoms with van der Waals surface area (Å²) < 4.78 is 0. The zero-order chi connectivity index (χ0) is 17.9. The van der Waals surface area contributed by atoms with E-state index in [1.54, 1.807) is 7.05 Å². The largest absolute Gasteiger partial charge is 0.291 e. The number of hydrogen-bond donors (Lipinski definition) is 1. The molecule has 0 heterocycles. The van der Waals surface area contributed by atoms with Crippen molar-refractivity contribution >= 4 is 0 Å². The molecule has 0 aromatic rings. The fourth-order valence-electron chi connectivity index (χ4n) is 3.14. The van der Waals surface area contributed by atoms with Gasteiger partial charge in [0.1, 0.15) is 12.1 Å². The molecular weight excluding hydrogens is 294 g/mol. The van der Waals surface area contributed by atoms with Gasteiger partial charge in [0.05, 0.1) is 0 Å². The molecule has 1 N–H and O–H groups in total. The lowest BCUT2D eigenvalue weighted by Crippen LogP contribution is -2.39. The first-order valence-electron chi connectivity index (χ1n) is 10.3. The highest BCUT2D eigenvalue weighted by molar-refractivity contribution is 5.20. The Morgan fingerprint density at radius 3 is 1.25 bits per heavy atom. The molecule has 138 valence electrons. The molecule has 0 spiro atoms. The van der Waals surface area contributed by atoms with E-state index in [0.717, 1.165) is 12.8 Å². The van der Waals surface area contributed by atoms with Crippen molar-refractivity contribution < 1.29 is 0 Å². The number of rotatable bonds is 17. The number of unbranched alkanes of at least 4 members (excludes halogenated alkanes) is 14. The summed E-state index contributed by atoms with van der Waals surface area (Å²) in [6, 6.07) is 4.18. The van der Waals surface area contributed by atoms with E-state index in [-0.39, 0.29) is 0 Å². The molecule has 24 heavy (non-hydrogen) atoms. The highest BCUT2D eigenvalue weighted by atomic mass is 14.9. The Morgan fingerprint density at radius 2 is 0.958 bits per heavy atom. The molecule has 0 unspecified atom stereocenters. The maximum absolute atomic E-state index is 9.06. The molecule has 0 aromatic heterocycles. The van der Waals surface area contributed by atoms with Crippen molar-refractivity contribution in [1.29, 1.82) is 10.5 Å². The molecule has 0 bridgehead atoms. The zero-order valence-corrected chi connectivity index (χ0v) is 16.2. The Bertz CT molecular complexity index is 337. The summed E-state index contributed by atoms with van der Waals surface area (Å²) in [5.41, 5.74) is -0.976. The van der Waals surface area contributed by atoms with Gasteiger partial charge in [0.25, 0.3) is 0 Å². The van der Waals surface area contributed by atoms with Crippen LogP contribution in [0.5, 0.6) is 0 Å². The van der Waals surface area contributed by atoms with Gasteiger partial charge in [-0.3, -0.25) is 5.32 Å². The summed E-state index contributed by atoms with van der Waals surface area (Å²) >= 11 is 0. The van der Waals surface area contributed by atoms with Gasteiger partial charge in [-0.05, 0) is 19.9 Å². The lowest BCUT2D eigenvalue weighted by Gasteiger charge is -2.16. The van der Waals surface area contributed by atoms with Crippen molar-refractivity contribution in [3.63, 3.8) is 0 Å². The lowest BCUT2D eigenvalue weighted by molar-refractivity contribution is 0.472. The predicted molar refractivity (Wildman–Crippen MR) is 103 cm³/mol. The number of nitriles is 2. The van der Waals surface area contributed by atoms with Gasteiger partial charge in [0, 0.05) is 0 Å². The van der Waals surface area contributed by atoms with Crippen LogP contribution in [0.4, 0.5) is 0 Å². The quantitative estimate of drug-likeness (QED) is 0.320. The summed E-state index contributed by atoms with van der Waals surface area (Å²) in [6.45, 7) is 2.27. The summed E-state index contributed by atoms with van der Waals surface area (Å²) in [7, 11) is 1.69. The molecule has 0 aliphatic rings. The second-order valence-corrected chi connectivity index (χ2v) is 7.08. The van der Waals surface area contributed by atoms with Gasteiger partial charge in [-0.1, -0.05) is 96.8 Å². The summed E-state index contributed by atoms with van der Waals surface area (Å²) in [5.74, 6) is 0. The Kier molecular flexibility index (Phi) is 16.0. The zero-order valence-electron chi connectivity index (χ0n) is 16.2. The van der Waals surface area contributed by atoms with E-state index in [0.29, 0.717) is 6.42 Å². The Balaban J connectivity index is 3.27. The fourth-order valence-corrected chi connectivity index (χ4v) is 3.14. The highest BCUT2D eigenvalue weighted by Gasteiger charge is 2.26. The molecule has 0 aliphatic heterocycles. The van der Waals surface area contributed by atoms with Gasteiger partial charge < -0.3 is 0 Å². The van der Waals surface area contributed by atoms with Gasteiger partial charge in [-0.15, -0.1) is 0 Å². The van der Waals surface area contributed by atoms with Crippen LogP contribution in [0.2, 0.25) is 0 Å². The normalized spacial score (nSPS) is 11.2. The summed E-state index contributed by atoms with van der Waals surface area (Å²) in [5, 5.41) is 21.0. The summed E-state index contributed by atoms with van der Waals surface area (Å²) in [4.78, 5) is 0. The van der Waals surface area contributed by atoms with Crippen LogP contribution in [-0.4, -0.2) is 12.6 Å². The molecule has 0 saturated heterocycles. The van der Waals surface area contributed by atoms with Crippen LogP contribution in [0.3, 0.4) is 0 Å². The third kappa shape index (κ3) is 12.4. The van der Waals surface area contributed by atoms with Crippen molar-refractivity contribution in [3.05, 3.63) is 0 Å². The van der Waals surface area contributed by atoms with Crippen molar-refractivity contribution in [1.82, 2.24) is 5.32 Å². The van der Waals surface area contributed by atoms with Crippen LogP contribution in [0, 0.1) is 22.7 Å². The SMILES string of the molecule is CCCCCCCCCCCCCCCCCC(C#N)(C#N)NC. The first kappa shape index (κ1) is 22.9. The van der Waals surface area contributed by atoms with Crippen LogP contribution in [0.1, 0.15) is 110 Å². The Morgan fingerprint density at radius 1 is 0.625 bits per heavy atom. The van der Waals surface area contributed by atoms with E-state index in [1.165, 1.54) is 83.5 Å². The molecule has 0 radical (unpaired) electrons. The molecule has 0 aliphatic carbocycles. The smallest absolute Gasteiger partial charge is 0.193 e. The van der Waals surface area contributed by atoms with Gasteiger partial charge in [0.2, 0.25) is 0 Å². The van der Waals surface area contributed by atoms with E-state index in [9.17, 15) is 0 Å². The highest BCUT2D eigenvalue weighted by Crippen LogP contribution is 2.16. The van der Waals surface area contributed by atoms with Crippen molar-refractivity contribution in [2.24, 2.45) is 0 Å². The molecule has 3 heteroatoms. The van der Waals surface area contributed by atoms with Gasteiger partial charge >= 0.3 is 0 Å². The van der Waals surface area contributed by atoms with Crippen LogP contribution in [0.25, 0.3) is 0 Å². The van der Waals surface area contributed by atoms with Crippen molar-refractivity contribution in [2.75, 3.05) is 7.05 Å². The van der Waals surface area contributed by atoms with Gasteiger partial charge in [-0.2, -0.15) is 10.5 Å². The third-order valence-electron chi connectivity index (χ3n) is 4.96. The molecule has 0 amide bonds. The van der Waals surface area contributed by atoms with Crippen LogP contribution in [-0.2, 0) is 0 Å². The number of nitrogens with one attached hydrogen (secondary N) is 1. The minimum absolute atomic E-state index is 0.634. The topological polar surface area (TPSA) is 59.6 Å². The van der Waals surface area contributed by atoms with E-state index in [2.05, 4.69) is 24.4 Å². The molecule has 0 atom stereocenters. The average Bonchev–Trinajstić information content (AvgIpc) is 2.62. The Labute approximate surface area is 150 Å². The first-order valence-corrected chi connectivity index (χ1v) is 10.3. The monoisotopic (exact) mass is 333 g/mol. The fraction of sp³-hybridized carbons (Fsp3) is 0.905. The second kappa shape index (κ2) is 16.8. The summed E-state index contributed by atoms with van der Waals surface area (Å²) in [6.07, 6.45) is 20.6. The molecule has 0 saturated carbocycles. The molecule has 0 fully saturated rings. The average molecular weight is 334 g/mol. The molecule has 0 aromatic carbocycles. The lowest BCUT2D eigenvalue weighted by atomic mass is 9.95. The third-order valence-corrected chi connectivity index (χ3v) is 4.96. The van der Waals surface area contributed by atoms with E-state index in [1.807, 2.05) is 0 Å². The maximum atomic E-state index is 9.06. The van der Waals surface area contributed by atoms with E-state index >= 15 is 0 Å². The van der Waals surface area contributed by atoms with Gasteiger partial charge in [0.15, 0.2) is 5.54 Å². The van der Waals surface area contributed by atoms with Crippen molar-refractivity contribution in [3.8, 4) is 12.1 Å². The van der Waals surface area contributed by atoms with Crippen LogP contribution >= 0.6 is 0 Å². The molecular formula is C21H39N3. The number of hydrogen-bond acceptors (Lipinski definition) is 3. The van der Waals surface area contributed by atoms with Gasteiger partial charge in [-0.25, -0.2) is 0 Å².